The molecule has 0 saturated carbocycles. The van der Waals surface area contributed by atoms with Crippen LogP contribution in [0.1, 0.15) is 13.8 Å². The molecule has 4 heterocycles. The normalized spacial score (nSPS) is 40.8. The Labute approximate surface area is 361 Å². The molecule has 64 heavy (non-hydrogen) atoms. The number of carboxylic acid groups (broad SMARTS) is 2. The lowest BCUT2D eigenvalue weighted by molar-refractivity contribution is -0.367. The van der Waals surface area contributed by atoms with Gasteiger partial charge in [0.1, 0.15) is 85.3 Å². The summed E-state index contributed by atoms with van der Waals surface area (Å²) in [6, 6.07) is -3.84. The molecular weight excluding hydrogens is 928 g/mol. The van der Waals surface area contributed by atoms with Gasteiger partial charge in [0, 0.05) is 13.8 Å². The van der Waals surface area contributed by atoms with Gasteiger partial charge in [0.05, 0.1) is 19.8 Å². The Kier molecular flexibility index (Phi) is 18.4. The van der Waals surface area contributed by atoms with Gasteiger partial charge in [0.2, 0.25) is 11.8 Å². The first-order chi connectivity index (χ1) is 29.7. The Hall–Kier alpha value is -3.24. The molecule has 4 saturated heterocycles. The summed E-state index contributed by atoms with van der Waals surface area (Å²) in [5.41, 5.74) is 0. The number of hydrogen-bond donors (Lipinski definition) is 13. The molecule has 0 aromatic rings. The molecule has 4 fully saturated rings. The fourth-order valence-corrected chi connectivity index (χ4v) is 8.09. The first-order valence-electron chi connectivity index (χ1n) is 18.5. The fourth-order valence-electron chi connectivity index (χ4n) is 7.06. The third-order valence-electron chi connectivity index (χ3n) is 9.71. The lowest BCUT2D eigenvalue weighted by Gasteiger charge is -2.50. The molecule has 4 aliphatic rings. The minimum atomic E-state index is -5.60. The van der Waals surface area contributed by atoms with Gasteiger partial charge >= 0.3 is 32.7 Å². The van der Waals surface area contributed by atoms with Gasteiger partial charge in [-0.05, 0) is 0 Å². The molecule has 8 unspecified atom stereocenters. The molecule has 4 rings (SSSR count). The number of aliphatic hydroxyl groups excluding tert-OH is 7. The number of amides is 2. The molecule has 0 aliphatic carbocycles. The molecule has 0 radical (unpaired) electrons. The summed E-state index contributed by atoms with van der Waals surface area (Å²) < 4.78 is 121. The average molecular weight is 977 g/mol. The Bertz CT molecular complexity index is 1880. The van der Waals surface area contributed by atoms with E-state index in [0.717, 1.165) is 13.8 Å². The highest BCUT2D eigenvalue weighted by molar-refractivity contribution is 7.81. The Morgan fingerprint density at radius 1 is 0.578 bits per heavy atom. The SMILES string of the molecule is C=CCOC1OC(CO)[C@H](OS(=O)(=O)O)[C@H](OC2OC(C(=O)O)[C@@H](O[C@@H]3OC(CO)[C@H](OS(=O)(=O)O)[C@H](OC4OC(C(=O)O)[C@@H](O)[C@H](O)[C@@H]4O)C3NC(C)=O)[C@H](O)[C@@H]2O)[C@@H]1NC(C)=O. The molecule has 20 atom stereocenters. The molecule has 31 nitrogen and oxygen atoms in total. The van der Waals surface area contributed by atoms with Crippen molar-refractivity contribution in [2.45, 2.75) is 137 Å². The van der Waals surface area contributed by atoms with Gasteiger partial charge in [-0.25, -0.2) is 18.0 Å². The Morgan fingerprint density at radius 3 is 1.39 bits per heavy atom. The number of carbonyl (C=O) groups is 4. The summed E-state index contributed by atoms with van der Waals surface area (Å²) in [7, 11) is -11.1. The average Bonchev–Trinajstić information content (AvgIpc) is 3.18. The summed E-state index contributed by atoms with van der Waals surface area (Å²) >= 11 is 0. The van der Waals surface area contributed by atoms with E-state index in [1.165, 1.54) is 6.08 Å². The van der Waals surface area contributed by atoms with Crippen LogP contribution in [-0.2, 0) is 86.2 Å². The lowest BCUT2D eigenvalue weighted by atomic mass is 9.94. The number of ether oxygens (including phenoxy) is 8. The highest BCUT2D eigenvalue weighted by Crippen LogP contribution is 2.36. The van der Waals surface area contributed by atoms with Gasteiger partial charge in [0.15, 0.2) is 37.4 Å². The minimum Gasteiger partial charge on any atom is -0.479 e. The van der Waals surface area contributed by atoms with Gasteiger partial charge in [-0.3, -0.25) is 18.7 Å². The van der Waals surface area contributed by atoms with E-state index in [2.05, 4.69) is 25.6 Å². The van der Waals surface area contributed by atoms with Gasteiger partial charge in [-0.2, -0.15) is 16.8 Å². The molecule has 33 heteroatoms. The van der Waals surface area contributed by atoms with Crippen molar-refractivity contribution in [3.8, 4) is 0 Å². The van der Waals surface area contributed by atoms with E-state index in [9.17, 15) is 91.1 Å². The number of rotatable bonds is 19. The maximum absolute atomic E-state index is 12.8. The second kappa shape index (κ2) is 22.0. The standard InChI is InChI=1S/C31H48N2O29S2/c1-4-5-53-28-12(32-8(2)36)21(19(10(6-34)54-28)61-63(47,48)49)56-31-18(42)16(40)23(25(60-31)27(45)46)58-29-13(33-9(3)37)22(20(11(7-35)55-29)62-64(50,51)52)57-30-17(41)14(38)15(39)24(59-30)26(43)44/h4,10-25,28-31,34-35,38-42H,1,5-7H2,2-3H3,(H,32,36)(H,33,37)(H,43,44)(H,45,46)(H,47,48,49)(H,50,51,52)/t10?,11?,12-,13?,14-,15-,16+,17-,18-,19-,20-,21+,22+,23-,24?,25?,28?,29-,30?,31?/m0/s1. The molecule has 4 aliphatic heterocycles. The lowest BCUT2D eigenvalue weighted by Crippen LogP contribution is -2.71. The smallest absolute Gasteiger partial charge is 0.397 e. The third kappa shape index (κ3) is 13.0. The van der Waals surface area contributed by atoms with Crippen LogP contribution < -0.4 is 10.6 Å². The molecule has 2 amide bonds. The fraction of sp³-hybridized carbons (Fsp3) is 0.806. The van der Waals surface area contributed by atoms with Crippen LogP contribution >= 0.6 is 0 Å². The van der Waals surface area contributed by atoms with Gasteiger partial charge in [-0.15, -0.1) is 6.58 Å². The zero-order chi connectivity index (χ0) is 48.2. The van der Waals surface area contributed by atoms with E-state index in [1.54, 1.807) is 0 Å². The highest BCUT2D eigenvalue weighted by atomic mass is 32.3. The second-order valence-electron chi connectivity index (χ2n) is 14.3. The number of aliphatic hydroxyl groups is 7. The van der Waals surface area contributed by atoms with Crippen LogP contribution in [0.25, 0.3) is 0 Å². The van der Waals surface area contributed by atoms with E-state index >= 15 is 0 Å². The van der Waals surface area contributed by atoms with Crippen molar-refractivity contribution in [2.75, 3.05) is 19.8 Å². The van der Waals surface area contributed by atoms with E-state index in [0.29, 0.717) is 0 Å². The Balaban J connectivity index is 1.75. The van der Waals surface area contributed by atoms with Crippen LogP contribution in [-0.4, -0.2) is 238 Å². The van der Waals surface area contributed by atoms with Crippen LogP contribution in [0.15, 0.2) is 12.7 Å². The molecular formula is C31H48N2O29S2. The van der Waals surface area contributed by atoms with Crippen molar-refractivity contribution in [1.82, 2.24) is 10.6 Å². The van der Waals surface area contributed by atoms with Crippen LogP contribution in [0.3, 0.4) is 0 Å². The quantitative estimate of drug-likeness (QED) is 0.0422. The molecule has 368 valence electrons. The van der Waals surface area contributed by atoms with E-state index in [4.69, 9.17) is 37.9 Å². The molecule has 0 aromatic heterocycles. The largest absolute Gasteiger partial charge is 0.479 e. The zero-order valence-electron chi connectivity index (χ0n) is 33.0. The summed E-state index contributed by atoms with van der Waals surface area (Å²) in [4.78, 5) is 49.4. The molecule has 0 spiro atoms. The van der Waals surface area contributed by atoms with Crippen LogP contribution in [0.4, 0.5) is 0 Å². The number of carbonyl (C=O) groups excluding carboxylic acids is 2. The predicted octanol–water partition coefficient (Wildman–Crippen LogP) is -8.41. The van der Waals surface area contributed by atoms with Crippen LogP contribution in [0, 0.1) is 0 Å². The van der Waals surface area contributed by atoms with Gasteiger partial charge < -0.3 is 94.5 Å². The summed E-state index contributed by atoms with van der Waals surface area (Å²) in [5, 5.41) is 98.6. The van der Waals surface area contributed by atoms with Crippen molar-refractivity contribution >= 4 is 44.6 Å². The van der Waals surface area contributed by atoms with E-state index in [1.807, 2.05) is 0 Å². The molecule has 13 N–H and O–H groups in total. The molecule has 0 aromatic carbocycles. The topological polar surface area (TPSA) is 475 Å². The third-order valence-corrected chi connectivity index (χ3v) is 10.6. The van der Waals surface area contributed by atoms with Crippen molar-refractivity contribution in [2.24, 2.45) is 0 Å². The van der Waals surface area contributed by atoms with Crippen molar-refractivity contribution in [1.29, 1.82) is 0 Å². The first-order valence-corrected chi connectivity index (χ1v) is 21.2. The van der Waals surface area contributed by atoms with Crippen LogP contribution in [0.5, 0.6) is 0 Å². The summed E-state index contributed by atoms with van der Waals surface area (Å²) in [5.74, 6) is -5.88. The zero-order valence-corrected chi connectivity index (χ0v) is 34.7. The molecule has 0 bridgehead atoms. The number of hydrogen-bond acceptors (Lipinski definition) is 25. The van der Waals surface area contributed by atoms with Crippen molar-refractivity contribution in [3.05, 3.63) is 12.7 Å². The predicted molar refractivity (Wildman–Crippen MR) is 193 cm³/mol. The number of carboxylic acids is 2. The maximum atomic E-state index is 12.8. The number of aliphatic carboxylic acids is 2. The van der Waals surface area contributed by atoms with Gasteiger partial charge in [-0.1, -0.05) is 6.08 Å². The summed E-state index contributed by atoms with van der Waals surface area (Å²) in [6.45, 7) is 2.54. The highest BCUT2D eigenvalue weighted by Gasteiger charge is 2.59. The first kappa shape index (κ1) is 53.4. The van der Waals surface area contributed by atoms with Gasteiger partial charge in [0.25, 0.3) is 0 Å². The maximum Gasteiger partial charge on any atom is 0.397 e. The van der Waals surface area contributed by atoms with Crippen molar-refractivity contribution in [3.63, 3.8) is 0 Å². The monoisotopic (exact) mass is 976 g/mol. The van der Waals surface area contributed by atoms with Crippen molar-refractivity contribution < 1.29 is 137 Å². The minimum absolute atomic E-state index is 0.312. The number of nitrogens with one attached hydrogen (secondary N) is 2. The van der Waals surface area contributed by atoms with E-state index in [-0.39, 0.29) is 6.61 Å². The Morgan fingerprint density at radius 2 is 0.984 bits per heavy atom. The summed E-state index contributed by atoms with van der Waals surface area (Å²) in [6.07, 6.45) is -39.7. The van der Waals surface area contributed by atoms with E-state index < -0.39 is 180 Å². The second-order valence-corrected chi connectivity index (χ2v) is 16.4. The van der Waals surface area contributed by atoms with Crippen LogP contribution in [0.2, 0.25) is 0 Å².